The number of anilines is 1. The Kier molecular flexibility index (Phi) is 7.76. The van der Waals surface area contributed by atoms with Gasteiger partial charge in [-0.05, 0) is 56.0 Å². The number of H-pyrrole nitrogens is 1. The predicted molar refractivity (Wildman–Crippen MR) is 147 cm³/mol. The van der Waals surface area contributed by atoms with E-state index in [1.165, 1.54) is 12.1 Å². The summed E-state index contributed by atoms with van der Waals surface area (Å²) in [6.45, 7) is 0. The van der Waals surface area contributed by atoms with E-state index < -0.39 is 36.8 Å². The van der Waals surface area contributed by atoms with Crippen molar-refractivity contribution in [2.24, 2.45) is 0 Å². The van der Waals surface area contributed by atoms with Crippen molar-refractivity contribution in [3.8, 4) is 0 Å². The molecule has 13 heteroatoms. The van der Waals surface area contributed by atoms with Crippen molar-refractivity contribution >= 4 is 41.9 Å². The van der Waals surface area contributed by atoms with E-state index >= 15 is 0 Å². The highest BCUT2D eigenvalue weighted by Crippen LogP contribution is 2.59. The minimum atomic E-state index is -5.76. The lowest BCUT2D eigenvalue weighted by molar-refractivity contribution is -0.141. The molecule has 2 aromatic carbocycles. The molecule has 2 saturated heterocycles. The smallest absolute Gasteiger partial charge is 0.351 e. The molecule has 2 fully saturated rings. The number of para-hydroxylation sites is 1. The van der Waals surface area contributed by atoms with Gasteiger partial charge in [0.25, 0.3) is 5.91 Å². The molecule has 41 heavy (non-hydrogen) atoms. The lowest BCUT2D eigenvalue weighted by Gasteiger charge is -2.36. The fourth-order valence-corrected chi connectivity index (χ4v) is 6.23. The van der Waals surface area contributed by atoms with Crippen LogP contribution in [0.5, 0.6) is 0 Å². The van der Waals surface area contributed by atoms with Gasteiger partial charge in [0.15, 0.2) is 0 Å². The summed E-state index contributed by atoms with van der Waals surface area (Å²) in [5, 5.41) is 2.91. The molecule has 2 aliphatic rings. The number of nitrogens with zero attached hydrogens (tertiary/aromatic N) is 2. The van der Waals surface area contributed by atoms with Crippen molar-refractivity contribution < 1.29 is 37.5 Å². The molecule has 10 nitrogen and oxygen atoms in total. The first-order chi connectivity index (χ1) is 19.4. The number of amides is 3. The number of hydrogen-bond acceptors (Lipinski definition) is 4. The maximum Gasteiger partial charge on any atom is 0.399 e. The highest BCUT2D eigenvalue weighted by atomic mass is 31.2. The van der Waals surface area contributed by atoms with Crippen LogP contribution in [0.1, 0.15) is 54.6 Å². The molecule has 218 valence electrons. The van der Waals surface area contributed by atoms with Crippen molar-refractivity contribution in [2.45, 2.75) is 62.3 Å². The highest BCUT2D eigenvalue weighted by Gasteiger charge is 2.50. The summed E-state index contributed by atoms with van der Waals surface area (Å²) in [5.74, 6) is -1.17. The van der Waals surface area contributed by atoms with Gasteiger partial charge >= 0.3 is 13.3 Å². The molecule has 5 rings (SSSR count). The number of alkyl halides is 2. The maximum absolute atomic E-state index is 14.2. The molecule has 3 amide bonds. The molecule has 0 bridgehead atoms. The van der Waals surface area contributed by atoms with Gasteiger partial charge in [-0.1, -0.05) is 37.1 Å². The Hall–Kier alpha value is -3.60. The second-order valence-corrected chi connectivity index (χ2v) is 12.3. The van der Waals surface area contributed by atoms with Crippen LogP contribution in [-0.2, 0) is 19.8 Å². The van der Waals surface area contributed by atoms with Crippen LogP contribution in [0.15, 0.2) is 54.6 Å². The van der Waals surface area contributed by atoms with E-state index in [0.717, 1.165) is 25.0 Å². The Balaban J connectivity index is 1.35. The van der Waals surface area contributed by atoms with E-state index in [1.54, 1.807) is 16.8 Å². The van der Waals surface area contributed by atoms with Gasteiger partial charge in [0.2, 0.25) is 11.8 Å². The van der Waals surface area contributed by atoms with Crippen LogP contribution >= 0.6 is 7.60 Å². The maximum atomic E-state index is 14.2. The highest BCUT2D eigenvalue weighted by molar-refractivity contribution is 7.52. The third kappa shape index (κ3) is 5.51. The first-order valence-corrected chi connectivity index (χ1v) is 15.0. The zero-order valence-electron chi connectivity index (χ0n) is 22.3. The lowest BCUT2D eigenvalue weighted by Crippen LogP contribution is -2.56. The zero-order valence-corrected chi connectivity index (χ0v) is 23.2. The number of aromatic nitrogens is 1. The summed E-state index contributed by atoms with van der Waals surface area (Å²) < 4.78 is 39.7. The molecule has 0 radical (unpaired) electrons. The van der Waals surface area contributed by atoms with Crippen molar-refractivity contribution in [3.63, 3.8) is 0 Å². The molecule has 0 saturated carbocycles. The lowest BCUT2D eigenvalue weighted by atomic mass is 9.98. The number of hydrogen-bond donors (Lipinski definition) is 4. The topological polar surface area (TPSA) is 143 Å². The SMILES string of the molecule is CN(C(=O)[C@@H]1CC[C@@H]2CCCC[C@H](NC(=O)c3cc4cc(C(F)(F)P(=O)(O)O)ccc4[nH]3)C(=O)N21)c1ccccc1. The monoisotopic (exact) mass is 588 g/mol. The largest absolute Gasteiger partial charge is 0.399 e. The van der Waals surface area contributed by atoms with Crippen molar-refractivity contribution in [2.75, 3.05) is 11.9 Å². The predicted octanol–water partition coefficient (Wildman–Crippen LogP) is 4.09. The average molecular weight is 589 g/mol. The Morgan fingerprint density at radius 1 is 1.05 bits per heavy atom. The number of aromatic amines is 1. The third-order valence-corrected chi connectivity index (χ3v) is 8.97. The van der Waals surface area contributed by atoms with Gasteiger partial charge in [0.1, 0.15) is 17.8 Å². The van der Waals surface area contributed by atoms with Crippen LogP contribution in [0.25, 0.3) is 10.9 Å². The van der Waals surface area contributed by atoms with E-state index in [4.69, 9.17) is 9.79 Å². The first-order valence-electron chi connectivity index (χ1n) is 13.4. The summed E-state index contributed by atoms with van der Waals surface area (Å²) in [5.41, 5.74) is -4.25. The Morgan fingerprint density at radius 3 is 2.46 bits per heavy atom. The third-order valence-electron chi connectivity index (χ3n) is 7.98. The molecular formula is C28H31F2N4O6P. The van der Waals surface area contributed by atoms with Crippen LogP contribution in [0, 0.1) is 0 Å². The molecule has 2 aliphatic heterocycles. The Labute approximate surface area is 234 Å². The van der Waals surface area contributed by atoms with Gasteiger partial charge < -0.3 is 29.9 Å². The van der Waals surface area contributed by atoms with Gasteiger partial charge in [-0.2, -0.15) is 8.78 Å². The first kappa shape index (κ1) is 28.9. The van der Waals surface area contributed by atoms with Crippen LogP contribution in [0.3, 0.4) is 0 Å². The second kappa shape index (κ2) is 11.0. The van der Waals surface area contributed by atoms with Gasteiger partial charge in [-0.3, -0.25) is 18.9 Å². The van der Waals surface area contributed by atoms with E-state index in [9.17, 15) is 27.7 Å². The molecule has 0 spiro atoms. The molecule has 1 aromatic heterocycles. The number of benzene rings is 2. The molecular weight excluding hydrogens is 557 g/mol. The Morgan fingerprint density at radius 2 is 1.76 bits per heavy atom. The number of fused-ring (bicyclic) bond motifs is 2. The number of carbonyl (C=O) groups is 3. The zero-order chi connectivity index (χ0) is 29.5. The number of nitrogens with one attached hydrogen (secondary N) is 2. The molecule has 3 heterocycles. The van der Waals surface area contributed by atoms with E-state index in [-0.39, 0.29) is 28.9 Å². The van der Waals surface area contributed by atoms with Crippen molar-refractivity contribution in [1.29, 1.82) is 0 Å². The minimum absolute atomic E-state index is 0.000847. The van der Waals surface area contributed by atoms with Gasteiger partial charge in [0.05, 0.1) is 0 Å². The Bertz CT molecular complexity index is 1520. The number of likely N-dealkylation sites (N-methyl/N-ethyl adjacent to an activating group) is 1. The molecule has 3 atom stereocenters. The summed E-state index contributed by atoms with van der Waals surface area (Å²) in [4.78, 5) is 64.6. The molecule has 3 aromatic rings. The second-order valence-electron chi connectivity index (χ2n) is 10.6. The van der Waals surface area contributed by atoms with E-state index in [2.05, 4.69) is 10.3 Å². The number of rotatable bonds is 6. The standard InChI is InChI=1S/C28H31F2N4O6P/c1-33(19-7-3-2-4-8-19)27(37)24-14-12-20-9-5-6-10-22(26(36)34(20)24)32-25(35)23-16-17-15-18(11-13-21(17)31-23)28(29,30)41(38,39)40/h2-4,7-8,11,13,15-16,20,22,24,31H,5-6,9-10,12,14H2,1H3,(H,32,35)(H2,38,39,40)/t20-,22-,24-/m0/s1. The van der Waals surface area contributed by atoms with E-state index in [0.29, 0.717) is 36.9 Å². The molecule has 0 unspecified atom stereocenters. The van der Waals surface area contributed by atoms with E-state index in [1.807, 2.05) is 30.3 Å². The van der Waals surface area contributed by atoms with Crippen LogP contribution in [0.4, 0.5) is 14.5 Å². The van der Waals surface area contributed by atoms with Crippen LogP contribution < -0.4 is 10.2 Å². The summed E-state index contributed by atoms with van der Waals surface area (Å²) >= 11 is 0. The number of carbonyl (C=O) groups excluding carboxylic acids is 3. The quantitative estimate of drug-likeness (QED) is 0.320. The average Bonchev–Trinajstić information content (AvgIpc) is 3.56. The fraction of sp³-hybridized carbons (Fsp3) is 0.393. The minimum Gasteiger partial charge on any atom is -0.351 e. The fourth-order valence-electron chi connectivity index (χ4n) is 5.76. The van der Waals surface area contributed by atoms with Crippen LogP contribution in [0.2, 0.25) is 0 Å². The normalized spacial score (nSPS) is 21.7. The van der Waals surface area contributed by atoms with Crippen molar-refractivity contribution in [3.05, 3.63) is 65.9 Å². The molecule has 0 aliphatic carbocycles. The summed E-state index contributed by atoms with van der Waals surface area (Å²) in [6, 6.07) is 11.8. The number of halogens is 2. The summed E-state index contributed by atoms with van der Waals surface area (Å²) in [6.07, 6.45) is 3.90. The summed E-state index contributed by atoms with van der Waals surface area (Å²) in [7, 11) is -4.08. The van der Waals surface area contributed by atoms with Gasteiger partial charge in [-0.25, -0.2) is 0 Å². The van der Waals surface area contributed by atoms with Crippen LogP contribution in [-0.4, -0.2) is 62.6 Å². The molecule has 4 N–H and O–H groups in total. The van der Waals surface area contributed by atoms with Gasteiger partial charge in [0, 0.05) is 35.2 Å². The van der Waals surface area contributed by atoms with Crippen molar-refractivity contribution in [1.82, 2.24) is 15.2 Å². The van der Waals surface area contributed by atoms with Gasteiger partial charge in [-0.15, -0.1) is 0 Å².